The van der Waals surface area contributed by atoms with Gasteiger partial charge in [-0.1, -0.05) is 19.3 Å². The molecule has 7 heteroatoms. The fourth-order valence-electron chi connectivity index (χ4n) is 3.80. The number of hydrogen-bond donors (Lipinski definition) is 0. The van der Waals surface area contributed by atoms with E-state index in [4.69, 9.17) is 4.74 Å². The van der Waals surface area contributed by atoms with Crippen molar-refractivity contribution in [3.8, 4) is 5.75 Å². The molecule has 0 amide bonds. The first-order valence-corrected chi connectivity index (χ1v) is 10.8. The first kappa shape index (κ1) is 18.5. The third-order valence-corrected chi connectivity index (χ3v) is 7.46. The highest BCUT2D eigenvalue weighted by Gasteiger charge is 2.34. The number of hydrogen-bond acceptors (Lipinski definition) is 4. The molecule has 6 nitrogen and oxygen atoms in total. The van der Waals surface area contributed by atoms with Gasteiger partial charge in [0, 0.05) is 25.4 Å². The van der Waals surface area contributed by atoms with Crippen molar-refractivity contribution in [1.29, 1.82) is 0 Å². The molecule has 2 fully saturated rings. The predicted octanol–water partition coefficient (Wildman–Crippen LogP) is 2.06. The van der Waals surface area contributed by atoms with Gasteiger partial charge in [0.2, 0.25) is 10.0 Å². The predicted molar refractivity (Wildman–Crippen MR) is 97.4 cm³/mol. The molecular formula is C18H28N2O4S. The monoisotopic (exact) mass is 368 g/mol. The molecule has 0 radical (unpaired) electrons. The molecule has 1 aliphatic carbocycles. The lowest BCUT2D eigenvalue weighted by atomic mass is 9.91. The Labute approximate surface area is 149 Å². The van der Waals surface area contributed by atoms with Gasteiger partial charge in [0.1, 0.15) is 11.9 Å². The zero-order valence-corrected chi connectivity index (χ0v) is 15.9. The van der Waals surface area contributed by atoms with E-state index in [1.807, 2.05) is 13.0 Å². The zero-order valence-electron chi connectivity index (χ0n) is 15.1. The van der Waals surface area contributed by atoms with Crippen LogP contribution in [-0.2, 0) is 17.1 Å². The second-order valence-electron chi connectivity index (χ2n) is 7.40. The molecule has 1 saturated heterocycles. The van der Waals surface area contributed by atoms with Gasteiger partial charge in [-0.3, -0.25) is 4.79 Å². The summed E-state index contributed by atoms with van der Waals surface area (Å²) >= 11 is 0. The average Bonchev–Trinajstić information content (AvgIpc) is 3.02. The molecule has 0 aromatic carbocycles. The quantitative estimate of drug-likeness (QED) is 0.798. The van der Waals surface area contributed by atoms with Crippen molar-refractivity contribution in [2.75, 3.05) is 18.8 Å². The van der Waals surface area contributed by atoms with Gasteiger partial charge in [-0.2, -0.15) is 4.31 Å². The molecule has 2 aliphatic rings. The van der Waals surface area contributed by atoms with Gasteiger partial charge >= 0.3 is 0 Å². The van der Waals surface area contributed by atoms with Gasteiger partial charge in [0.05, 0.1) is 12.3 Å². The summed E-state index contributed by atoms with van der Waals surface area (Å²) < 4.78 is 34.4. The summed E-state index contributed by atoms with van der Waals surface area (Å²) in [5.41, 5.74) is 0.706. The Hall–Kier alpha value is -1.34. The van der Waals surface area contributed by atoms with Crippen LogP contribution in [0.3, 0.4) is 0 Å². The summed E-state index contributed by atoms with van der Waals surface area (Å²) in [6.07, 6.45) is 6.05. The van der Waals surface area contributed by atoms with Crippen LogP contribution in [0.1, 0.15) is 44.2 Å². The number of pyridine rings is 1. The van der Waals surface area contributed by atoms with E-state index in [1.54, 1.807) is 15.9 Å². The van der Waals surface area contributed by atoms with Crippen LogP contribution in [0.2, 0.25) is 0 Å². The van der Waals surface area contributed by atoms with E-state index in [2.05, 4.69) is 0 Å². The Bertz CT molecular complexity index is 766. The highest BCUT2D eigenvalue weighted by Crippen LogP contribution is 2.27. The van der Waals surface area contributed by atoms with E-state index >= 15 is 0 Å². The van der Waals surface area contributed by atoms with Gasteiger partial charge in [-0.05, 0) is 38.2 Å². The van der Waals surface area contributed by atoms with Crippen LogP contribution < -0.4 is 10.3 Å². The fraction of sp³-hybridized carbons (Fsp3) is 0.722. The molecule has 140 valence electrons. The van der Waals surface area contributed by atoms with Crippen molar-refractivity contribution >= 4 is 10.0 Å². The minimum absolute atomic E-state index is 0.116. The normalized spacial score (nSPS) is 23.0. The Morgan fingerprint density at radius 3 is 2.56 bits per heavy atom. The van der Waals surface area contributed by atoms with E-state index in [1.165, 1.54) is 12.5 Å². The Morgan fingerprint density at radius 1 is 1.16 bits per heavy atom. The van der Waals surface area contributed by atoms with E-state index < -0.39 is 10.0 Å². The number of nitrogens with zero attached hydrogens (tertiary/aromatic N) is 2. The minimum atomic E-state index is -3.22. The molecule has 1 aromatic rings. The maximum Gasteiger partial charge on any atom is 0.254 e. The summed E-state index contributed by atoms with van der Waals surface area (Å²) in [7, 11) is -1.50. The van der Waals surface area contributed by atoms with E-state index in [-0.39, 0.29) is 17.4 Å². The lowest BCUT2D eigenvalue weighted by Gasteiger charge is -2.24. The van der Waals surface area contributed by atoms with Crippen molar-refractivity contribution < 1.29 is 13.2 Å². The van der Waals surface area contributed by atoms with Crippen LogP contribution in [0.15, 0.2) is 16.9 Å². The minimum Gasteiger partial charge on any atom is -0.489 e. The van der Waals surface area contributed by atoms with Crippen molar-refractivity contribution in [2.24, 2.45) is 13.0 Å². The average molecular weight is 368 g/mol. The first-order valence-electron chi connectivity index (χ1n) is 9.17. The van der Waals surface area contributed by atoms with Gasteiger partial charge in [0.15, 0.2) is 0 Å². The number of sulfonamides is 1. The molecule has 25 heavy (non-hydrogen) atoms. The van der Waals surface area contributed by atoms with Gasteiger partial charge in [-0.25, -0.2) is 8.42 Å². The lowest BCUT2D eigenvalue weighted by Crippen LogP contribution is -2.35. The van der Waals surface area contributed by atoms with Crippen LogP contribution in [-0.4, -0.2) is 42.2 Å². The number of aromatic nitrogens is 1. The summed E-state index contributed by atoms with van der Waals surface area (Å²) in [5.74, 6) is 1.10. The highest BCUT2D eigenvalue weighted by molar-refractivity contribution is 7.89. The molecule has 3 rings (SSSR count). The second-order valence-corrected chi connectivity index (χ2v) is 9.41. The molecule has 1 atom stereocenters. The zero-order chi connectivity index (χ0) is 18.0. The Balaban J connectivity index is 1.60. The smallest absolute Gasteiger partial charge is 0.254 e. The molecule has 1 saturated carbocycles. The lowest BCUT2D eigenvalue weighted by molar-refractivity contribution is 0.214. The molecule has 0 spiro atoms. The Morgan fingerprint density at radius 2 is 1.88 bits per heavy atom. The second kappa shape index (κ2) is 7.50. The molecule has 1 aliphatic heterocycles. The summed E-state index contributed by atoms with van der Waals surface area (Å²) in [6.45, 7) is 2.73. The number of rotatable bonds is 5. The highest BCUT2D eigenvalue weighted by atomic mass is 32.2. The van der Waals surface area contributed by atoms with Crippen molar-refractivity contribution in [2.45, 2.75) is 51.6 Å². The molecule has 1 unspecified atom stereocenters. The first-order chi connectivity index (χ1) is 11.8. The summed E-state index contributed by atoms with van der Waals surface area (Å²) in [5, 5.41) is 0. The van der Waals surface area contributed by atoms with Gasteiger partial charge in [-0.15, -0.1) is 0 Å². The largest absolute Gasteiger partial charge is 0.489 e. The molecule has 0 bridgehead atoms. The van der Waals surface area contributed by atoms with Gasteiger partial charge < -0.3 is 9.30 Å². The van der Waals surface area contributed by atoms with Crippen LogP contribution in [0, 0.1) is 12.8 Å². The topological polar surface area (TPSA) is 68.6 Å². The summed E-state index contributed by atoms with van der Waals surface area (Å²) in [6, 6.07) is 3.28. The van der Waals surface area contributed by atoms with E-state index in [9.17, 15) is 13.2 Å². The number of ether oxygens (including phenoxy) is 1. The van der Waals surface area contributed by atoms with Gasteiger partial charge in [0.25, 0.3) is 5.56 Å². The van der Waals surface area contributed by atoms with E-state index in [0.717, 1.165) is 31.4 Å². The third kappa shape index (κ3) is 4.44. The number of aryl methyl sites for hydroxylation is 1. The maximum atomic E-state index is 12.7. The van der Waals surface area contributed by atoms with Crippen LogP contribution in [0.4, 0.5) is 0 Å². The SMILES string of the molecule is Cc1cc(OC2CCN(S(=O)(=O)CC3CCCCC3)C2)cc(=O)n1C. The standard InChI is InChI=1S/C18H28N2O4S/c1-14-10-17(11-18(21)19(14)2)24-16-8-9-20(12-16)25(22,23)13-15-6-4-3-5-7-15/h10-11,15-16H,3-9,12-13H2,1-2H3. The maximum absolute atomic E-state index is 12.7. The molecule has 2 heterocycles. The van der Waals surface area contributed by atoms with E-state index in [0.29, 0.717) is 31.2 Å². The Kier molecular flexibility index (Phi) is 5.53. The fourth-order valence-corrected chi connectivity index (χ4v) is 5.72. The summed E-state index contributed by atoms with van der Waals surface area (Å²) in [4.78, 5) is 11.9. The molecule has 1 aromatic heterocycles. The molecule has 0 N–H and O–H groups in total. The third-order valence-electron chi connectivity index (χ3n) is 5.45. The molecular weight excluding hydrogens is 340 g/mol. The van der Waals surface area contributed by atoms with Crippen molar-refractivity contribution in [3.63, 3.8) is 0 Å². The van der Waals surface area contributed by atoms with Crippen LogP contribution in [0.5, 0.6) is 5.75 Å². The van der Waals surface area contributed by atoms with Crippen LogP contribution in [0.25, 0.3) is 0 Å². The van der Waals surface area contributed by atoms with Crippen LogP contribution >= 0.6 is 0 Å². The van der Waals surface area contributed by atoms with Crippen molar-refractivity contribution in [1.82, 2.24) is 8.87 Å². The van der Waals surface area contributed by atoms with Crippen molar-refractivity contribution in [3.05, 3.63) is 28.2 Å².